The molecule has 26 heavy (non-hydrogen) atoms. The van der Waals surface area contributed by atoms with Crippen LogP contribution in [0.15, 0.2) is 54.6 Å². The second-order valence-electron chi connectivity index (χ2n) is 6.77. The van der Waals surface area contributed by atoms with Crippen molar-refractivity contribution < 1.29 is 9.59 Å². The summed E-state index contributed by atoms with van der Waals surface area (Å²) in [4.78, 5) is 23.7. The highest BCUT2D eigenvalue weighted by Gasteiger charge is 2.21. The summed E-state index contributed by atoms with van der Waals surface area (Å²) in [5.41, 5.74) is 2.46. The quantitative estimate of drug-likeness (QED) is 0.706. The predicted molar refractivity (Wildman–Crippen MR) is 106 cm³/mol. The van der Waals surface area contributed by atoms with Gasteiger partial charge in [-0.3, -0.25) is 14.9 Å². The zero-order chi connectivity index (χ0) is 19.1. The van der Waals surface area contributed by atoms with Crippen molar-refractivity contribution in [1.29, 1.82) is 0 Å². The molecule has 0 saturated carbocycles. The molecular formula is C21H27N3O2. The Labute approximate surface area is 155 Å². The summed E-state index contributed by atoms with van der Waals surface area (Å²) in [6, 6.07) is 17.0. The fraction of sp³-hybridized carbons (Fsp3) is 0.333. The number of nitrogens with one attached hydrogen (secondary N) is 3. The number of amides is 2. The fourth-order valence-corrected chi connectivity index (χ4v) is 2.81. The minimum atomic E-state index is -0.368. The van der Waals surface area contributed by atoms with Crippen LogP contribution in [0.3, 0.4) is 0 Å². The standard InChI is InChI=1S/C21H27N3O2/c1-14(2)20(17-9-6-5-7-10-17)22-15(3)21(26)24-19-12-8-11-18(13-19)23-16(4)25/h5-15,20,22H,1-4H3,(H,23,25)(H,24,26). The molecule has 138 valence electrons. The number of hydrogen-bond acceptors (Lipinski definition) is 3. The predicted octanol–water partition coefficient (Wildman–Crippen LogP) is 3.96. The van der Waals surface area contributed by atoms with E-state index in [2.05, 4.69) is 41.9 Å². The van der Waals surface area contributed by atoms with Crippen LogP contribution in [0, 0.1) is 5.92 Å². The van der Waals surface area contributed by atoms with Gasteiger partial charge in [-0.2, -0.15) is 0 Å². The Bertz CT molecular complexity index is 744. The van der Waals surface area contributed by atoms with E-state index in [0.717, 1.165) is 5.56 Å². The first-order valence-corrected chi connectivity index (χ1v) is 8.86. The Hall–Kier alpha value is -2.66. The van der Waals surface area contributed by atoms with E-state index >= 15 is 0 Å². The second-order valence-corrected chi connectivity index (χ2v) is 6.77. The molecule has 2 unspecified atom stereocenters. The van der Waals surface area contributed by atoms with Gasteiger partial charge in [0.2, 0.25) is 11.8 Å². The zero-order valence-electron chi connectivity index (χ0n) is 15.7. The summed E-state index contributed by atoms with van der Waals surface area (Å²) in [6.07, 6.45) is 0. The van der Waals surface area contributed by atoms with Crippen LogP contribution >= 0.6 is 0 Å². The lowest BCUT2D eigenvalue weighted by molar-refractivity contribution is -0.118. The van der Waals surface area contributed by atoms with Crippen molar-refractivity contribution in [3.63, 3.8) is 0 Å². The SMILES string of the molecule is CC(=O)Nc1cccc(NC(=O)C(C)NC(c2ccccc2)C(C)C)c1. The Morgan fingerprint density at radius 1 is 0.846 bits per heavy atom. The average molecular weight is 353 g/mol. The molecule has 2 aromatic rings. The second kappa shape index (κ2) is 9.15. The molecule has 0 radical (unpaired) electrons. The number of hydrogen-bond donors (Lipinski definition) is 3. The first-order chi connectivity index (χ1) is 12.4. The van der Waals surface area contributed by atoms with Gasteiger partial charge < -0.3 is 10.6 Å². The average Bonchev–Trinajstić information content (AvgIpc) is 2.59. The van der Waals surface area contributed by atoms with Gasteiger partial charge in [0, 0.05) is 24.3 Å². The lowest BCUT2D eigenvalue weighted by Gasteiger charge is -2.26. The number of benzene rings is 2. The van der Waals surface area contributed by atoms with Crippen LogP contribution in [-0.2, 0) is 9.59 Å². The minimum absolute atomic E-state index is 0.0858. The third-order valence-electron chi connectivity index (χ3n) is 4.10. The molecule has 0 aliphatic rings. The number of carbonyl (C=O) groups is 2. The molecule has 0 aliphatic carbocycles. The van der Waals surface area contributed by atoms with Crippen molar-refractivity contribution >= 4 is 23.2 Å². The van der Waals surface area contributed by atoms with Gasteiger partial charge in [-0.1, -0.05) is 50.2 Å². The van der Waals surface area contributed by atoms with Crippen molar-refractivity contribution in [3.8, 4) is 0 Å². The zero-order valence-corrected chi connectivity index (χ0v) is 15.7. The molecule has 0 heterocycles. The van der Waals surface area contributed by atoms with Crippen LogP contribution in [0.5, 0.6) is 0 Å². The molecule has 0 aromatic heterocycles. The molecule has 3 N–H and O–H groups in total. The van der Waals surface area contributed by atoms with Gasteiger partial charge in [0.15, 0.2) is 0 Å². The van der Waals surface area contributed by atoms with E-state index in [9.17, 15) is 9.59 Å². The topological polar surface area (TPSA) is 70.2 Å². The molecule has 5 nitrogen and oxygen atoms in total. The Morgan fingerprint density at radius 2 is 1.46 bits per heavy atom. The largest absolute Gasteiger partial charge is 0.326 e. The highest BCUT2D eigenvalue weighted by molar-refractivity contribution is 5.96. The molecule has 2 atom stereocenters. The van der Waals surface area contributed by atoms with E-state index in [1.165, 1.54) is 6.92 Å². The van der Waals surface area contributed by atoms with Gasteiger partial charge in [0.25, 0.3) is 0 Å². The number of anilines is 2. The first-order valence-electron chi connectivity index (χ1n) is 8.86. The summed E-state index contributed by atoms with van der Waals surface area (Å²) < 4.78 is 0. The molecule has 0 bridgehead atoms. The van der Waals surface area contributed by atoms with Gasteiger partial charge in [-0.05, 0) is 36.6 Å². The van der Waals surface area contributed by atoms with Gasteiger partial charge in [0.1, 0.15) is 0 Å². The van der Waals surface area contributed by atoms with Crippen LogP contribution < -0.4 is 16.0 Å². The Morgan fingerprint density at radius 3 is 2.04 bits per heavy atom. The van der Waals surface area contributed by atoms with E-state index in [4.69, 9.17) is 0 Å². The van der Waals surface area contributed by atoms with Crippen molar-refractivity contribution in [2.75, 3.05) is 10.6 Å². The summed E-state index contributed by atoms with van der Waals surface area (Å²) in [5, 5.41) is 9.03. The molecule has 2 aromatic carbocycles. The third-order valence-corrected chi connectivity index (χ3v) is 4.10. The van der Waals surface area contributed by atoms with Crippen LogP contribution in [0.1, 0.15) is 39.3 Å². The summed E-state index contributed by atoms with van der Waals surface area (Å²) >= 11 is 0. The molecule has 2 amide bonds. The molecule has 5 heteroatoms. The summed E-state index contributed by atoms with van der Waals surface area (Å²) in [5.74, 6) is 0.0773. The first kappa shape index (κ1) is 19.7. The van der Waals surface area contributed by atoms with Crippen molar-refractivity contribution in [2.45, 2.75) is 39.8 Å². The normalized spacial score (nSPS) is 13.1. The van der Waals surface area contributed by atoms with Crippen LogP contribution in [0.25, 0.3) is 0 Å². The molecule has 0 spiro atoms. The van der Waals surface area contributed by atoms with Crippen LogP contribution in [-0.4, -0.2) is 17.9 Å². The molecule has 0 saturated heterocycles. The van der Waals surface area contributed by atoms with E-state index in [1.807, 2.05) is 25.1 Å². The van der Waals surface area contributed by atoms with Crippen molar-refractivity contribution in [1.82, 2.24) is 5.32 Å². The van der Waals surface area contributed by atoms with Gasteiger partial charge in [-0.25, -0.2) is 0 Å². The summed E-state index contributed by atoms with van der Waals surface area (Å²) in [7, 11) is 0. The van der Waals surface area contributed by atoms with E-state index < -0.39 is 0 Å². The maximum atomic E-state index is 12.6. The maximum absolute atomic E-state index is 12.6. The lowest BCUT2D eigenvalue weighted by atomic mass is 9.95. The fourth-order valence-electron chi connectivity index (χ4n) is 2.81. The number of rotatable bonds is 7. The van der Waals surface area contributed by atoms with E-state index in [-0.39, 0.29) is 23.9 Å². The van der Waals surface area contributed by atoms with E-state index in [0.29, 0.717) is 17.3 Å². The minimum Gasteiger partial charge on any atom is -0.326 e. The summed E-state index contributed by atoms with van der Waals surface area (Å²) in [6.45, 7) is 7.57. The lowest BCUT2D eigenvalue weighted by Crippen LogP contribution is -2.41. The molecular weight excluding hydrogens is 326 g/mol. The maximum Gasteiger partial charge on any atom is 0.241 e. The van der Waals surface area contributed by atoms with Crippen molar-refractivity contribution in [2.24, 2.45) is 5.92 Å². The highest BCUT2D eigenvalue weighted by Crippen LogP contribution is 2.22. The van der Waals surface area contributed by atoms with Crippen molar-refractivity contribution in [3.05, 3.63) is 60.2 Å². The van der Waals surface area contributed by atoms with E-state index in [1.54, 1.807) is 24.3 Å². The molecule has 2 rings (SSSR count). The van der Waals surface area contributed by atoms with Crippen LogP contribution in [0.4, 0.5) is 11.4 Å². The molecule has 0 aliphatic heterocycles. The van der Waals surface area contributed by atoms with Gasteiger partial charge in [-0.15, -0.1) is 0 Å². The molecule has 0 fully saturated rings. The Kier molecular flexibility index (Phi) is 6.92. The third kappa shape index (κ3) is 5.70. The van der Waals surface area contributed by atoms with Crippen LogP contribution in [0.2, 0.25) is 0 Å². The van der Waals surface area contributed by atoms with Gasteiger partial charge >= 0.3 is 0 Å². The van der Waals surface area contributed by atoms with Gasteiger partial charge in [0.05, 0.1) is 6.04 Å². The monoisotopic (exact) mass is 353 g/mol. The number of carbonyl (C=O) groups excluding carboxylic acids is 2. The highest BCUT2D eigenvalue weighted by atomic mass is 16.2. The smallest absolute Gasteiger partial charge is 0.241 e. The Balaban J connectivity index is 2.03.